The van der Waals surface area contributed by atoms with E-state index in [0.717, 1.165) is 0 Å². The van der Waals surface area contributed by atoms with E-state index in [1.807, 2.05) is 0 Å². The molecule has 1 nitrogen and oxygen atoms in total. The van der Waals surface area contributed by atoms with Gasteiger partial charge in [0.1, 0.15) is 0 Å². The summed E-state index contributed by atoms with van der Waals surface area (Å²) in [5.74, 6) is 0. The summed E-state index contributed by atoms with van der Waals surface area (Å²) < 4.78 is 8.38. The van der Waals surface area contributed by atoms with E-state index in [0.29, 0.717) is 0 Å². The molecule has 0 aliphatic carbocycles. The molecule has 0 aliphatic rings. The van der Waals surface area contributed by atoms with Crippen LogP contribution < -0.4 is 0 Å². The molecule has 24 valence electrons. The van der Waals surface area contributed by atoms with E-state index in [2.05, 4.69) is 0 Å². The van der Waals surface area contributed by atoms with Crippen LogP contribution in [0.3, 0.4) is 0 Å². The number of rotatable bonds is 0. The van der Waals surface area contributed by atoms with Crippen molar-refractivity contribution in [2.75, 3.05) is 0 Å². The average molecular weight is 329 g/mol. The first-order valence-corrected chi connectivity index (χ1v) is 1.50. The van der Waals surface area contributed by atoms with Gasteiger partial charge in [-0.3, -0.25) is 0 Å². The molecule has 4 heavy (non-hydrogen) atoms. The van der Waals surface area contributed by atoms with Crippen molar-refractivity contribution in [1.82, 2.24) is 0 Å². The minimum absolute atomic E-state index is 0. The fourth-order valence-electron chi connectivity index (χ4n) is 0. The SMILES string of the molecule is [AlH3].[BiH3].[O]=[GaH]. The second-order valence-corrected chi connectivity index (χ2v) is 0. The van der Waals surface area contributed by atoms with E-state index in [1.165, 1.54) is 0 Å². The molecule has 0 saturated heterocycles. The molecule has 0 aliphatic heterocycles. The molecule has 0 rings (SSSR count). The summed E-state index contributed by atoms with van der Waals surface area (Å²) in [5, 5.41) is 0. The Morgan fingerprint density at radius 2 is 1.25 bits per heavy atom. The normalized spacial score (nSPS) is 0.750. The molecule has 0 fully saturated rings. The van der Waals surface area contributed by atoms with Gasteiger partial charge in [0.15, 0.2) is 17.4 Å². The van der Waals surface area contributed by atoms with Crippen LogP contribution in [0.25, 0.3) is 0 Å². The van der Waals surface area contributed by atoms with Crippen LogP contribution in [0.2, 0.25) is 0 Å². The Morgan fingerprint density at radius 3 is 1.25 bits per heavy atom. The Morgan fingerprint density at radius 1 is 1.25 bits per heavy atom. The van der Waals surface area contributed by atoms with Crippen LogP contribution in [0.5, 0.6) is 0 Å². The Hall–Kier alpha value is 1.85. The zero-order valence-electron chi connectivity index (χ0n) is 1.82. The maximum absolute atomic E-state index is 8.38. The van der Waals surface area contributed by atoms with Gasteiger partial charge in [0, 0.05) is 0 Å². The van der Waals surface area contributed by atoms with Gasteiger partial charge in [0.2, 0.25) is 0 Å². The molecule has 0 bridgehead atoms. The van der Waals surface area contributed by atoms with Crippen LogP contribution in [-0.2, 0) is 3.54 Å². The first kappa shape index (κ1) is 16.9. The van der Waals surface area contributed by atoms with Gasteiger partial charge >= 0.3 is 48.3 Å². The molecule has 0 amide bonds. The molecule has 0 aromatic rings. The van der Waals surface area contributed by atoms with Crippen molar-refractivity contribution < 1.29 is 3.54 Å². The van der Waals surface area contributed by atoms with E-state index in [4.69, 9.17) is 3.54 Å². The summed E-state index contributed by atoms with van der Waals surface area (Å²) in [4.78, 5) is 0. The van der Waals surface area contributed by atoms with Gasteiger partial charge in [0.05, 0.1) is 0 Å². The van der Waals surface area contributed by atoms with Gasteiger partial charge in [-0.05, 0) is 0 Å². The third-order valence-electron chi connectivity index (χ3n) is 0. The first-order valence-electron chi connectivity index (χ1n) is 0.289. The van der Waals surface area contributed by atoms with E-state index in [-0.39, 0.29) is 62.1 Å². The fraction of sp³-hybridized carbons (Fsp3) is 0. The summed E-state index contributed by atoms with van der Waals surface area (Å²) in [6.07, 6.45) is 0. The molecule has 0 unspecified atom stereocenters. The summed E-state index contributed by atoms with van der Waals surface area (Å²) in [5.41, 5.74) is 0. The average Bonchev–Trinajstić information content (AvgIpc) is 1.00. The molecule has 4 heteroatoms. The summed E-state index contributed by atoms with van der Waals surface area (Å²) in [6.45, 7) is 0. The number of hydrogen-bond donors (Lipinski definition) is 0. The van der Waals surface area contributed by atoms with Crippen LogP contribution in [0.1, 0.15) is 0 Å². The summed E-state index contributed by atoms with van der Waals surface area (Å²) in [7, 11) is 0. The van der Waals surface area contributed by atoms with Gasteiger partial charge in [-0.15, -0.1) is 0 Å². The fourth-order valence-corrected chi connectivity index (χ4v) is 0. The van der Waals surface area contributed by atoms with E-state index in [1.54, 1.807) is 0 Å². The van der Waals surface area contributed by atoms with E-state index >= 15 is 0 Å². The molecule has 0 aromatic heterocycles. The van der Waals surface area contributed by atoms with Crippen LogP contribution in [0.15, 0.2) is 0 Å². The van der Waals surface area contributed by atoms with E-state index in [9.17, 15) is 0 Å². The van der Waals surface area contributed by atoms with Gasteiger partial charge in [-0.2, -0.15) is 0 Å². The molecule has 0 heterocycles. The summed E-state index contributed by atoms with van der Waals surface area (Å²) in [6, 6.07) is 0. The summed E-state index contributed by atoms with van der Waals surface area (Å²) >= 11 is 0.125. The third kappa shape index (κ3) is 9.13. The Balaban J connectivity index is -0.00000000500. The first-order chi connectivity index (χ1) is 1.00. The second kappa shape index (κ2) is 21.0. The minimum atomic E-state index is 0. The molecule has 0 radical (unpaired) electrons. The van der Waals surface area contributed by atoms with Crippen molar-refractivity contribution in [2.24, 2.45) is 0 Å². The molecule has 0 saturated carbocycles. The van der Waals surface area contributed by atoms with Crippen molar-refractivity contribution >= 4 is 62.1 Å². The quantitative estimate of drug-likeness (QED) is 0.430. The predicted octanol–water partition coefficient (Wildman–Crippen LogP) is -3.14. The number of hydrogen-bond acceptors (Lipinski definition) is 1. The molecule has 0 atom stereocenters. The molecule has 0 aromatic carbocycles. The monoisotopic (exact) mass is 328 g/mol. The van der Waals surface area contributed by atoms with Gasteiger partial charge in [-0.1, -0.05) is 0 Å². The Kier molecular flexibility index (Phi) is 88.9. The van der Waals surface area contributed by atoms with Crippen LogP contribution in [0, 0.1) is 0 Å². The van der Waals surface area contributed by atoms with E-state index < -0.39 is 0 Å². The molecular formula is H7AlBiGaO. The molecule has 0 N–H and O–H groups in total. The van der Waals surface area contributed by atoms with Crippen LogP contribution in [0.4, 0.5) is 0 Å². The van der Waals surface area contributed by atoms with Crippen LogP contribution >= 0.6 is 0 Å². The van der Waals surface area contributed by atoms with Crippen molar-refractivity contribution in [1.29, 1.82) is 0 Å². The van der Waals surface area contributed by atoms with Crippen molar-refractivity contribution in [3.63, 3.8) is 0 Å². The van der Waals surface area contributed by atoms with Crippen molar-refractivity contribution in [2.45, 2.75) is 0 Å². The van der Waals surface area contributed by atoms with Gasteiger partial charge in [0.25, 0.3) is 0 Å². The van der Waals surface area contributed by atoms with Gasteiger partial charge in [-0.25, -0.2) is 0 Å². The zero-order valence-corrected chi connectivity index (χ0v) is 10.3. The zero-order chi connectivity index (χ0) is 2.00. The predicted molar refractivity (Wildman–Crippen MR) is 27.7 cm³/mol. The topological polar surface area (TPSA) is 17.1 Å². The van der Waals surface area contributed by atoms with Crippen LogP contribution in [-0.4, -0.2) is 62.1 Å². The van der Waals surface area contributed by atoms with Crippen molar-refractivity contribution in [3.8, 4) is 0 Å². The molecular weight excluding hydrogens is 322 g/mol. The Bertz CT molecular complexity index is 8.00. The molecule has 0 spiro atoms. The third-order valence-corrected chi connectivity index (χ3v) is 0. The Labute approximate surface area is 65.0 Å². The second-order valence-electron chi connectivity index (χ2n) is 0. The maximum atomic E-state index is 8.38. The van der Waals surface area contributed by atoms with Gasteiger partial charge < -0.3 is 0 Å². The standard InChI is InChI=1S/Al.Bi.Ga.O.7H. The van der Waals surface area contributed by atoms with Crippen molar-refractivity contribution in [3.05, 3.63) is 0 Å².